The second kappa shape index (κ2) is 14.2. The normalized spacial score (nSPS) is 15.5. The molecule has 6 rings (SSSR count). The van der Waals surface area contributed by atoms with Crippen molar-refractivity contribution in [2.45, 2.75) is 39.4 Å². The van der Waals surface area contributed by atoms with E-state index < -0.39 is 40.6 Å². The van der Waals surface area contributed by atoms with E-state index in [1.54, 1.807) is 24.1 Å². The van der Waals surface area contributed by atoms with Gasteiger partial charge in [0.15, 0.2) is 0 Å². The number of aromatic nitrogens is 5. The standard InChI is InChI=1S/C32H34ClF4N9O4/c1-3-19-6-5-7-38-26(19)28(48)43-10-8-42(9-11-43)27-24(4-2)45(31-40-30(41-46(31)29(27)49)44-12-14-50-15-13-44)18-25(47)39-23-17-22(34)20(16-21(23)33)32(35,36)37/h5-7,16-17H,3-4,8-15,18H2,1-2H3,(H,39,47). The molecule has 0 aliphatic carbocycles. The number of nitrogens with zero attached hydrogens (tertiary/aromatic N) is 8. The summed E-state index contributed by atoms with van der Waals surface area (Å²) in [5, 5.41) is 6.40. The van der Waals surface area contributed by atoms with Crippen LogP contribution < -0.4 is 20.7 Å². The lowest BCUT2D eigenvalue weighted by Gasteiger charge is -2.36. The maximum atomic E-state index is 14.4. The van der Waals surface area contributed by atoms with Gasteiger partial charge in [0.2, 0.25) is 17.6 Å². The van der Waals surface area contributed by atoms with Gasteiger partial charge in [-0.15, -0.1) is 5.10 Å². The number of amides is 2. The maximum Gasteiger partial charge on any atom is 0.419 e. The van der Waals surface area contributed by atoms with Gasteiger partial charge in [-0.25, -0.2) is 4.39 Å². The van der Waals surface area contributed by atoms with Crippen molar-refractivity contribution in [1.82, 2.24) is 29.0 Å². The van der Waals surface area contributed by atoms with Crippen molar-refractivity contribution in [3.63, 3.8) is 0 Å². The molecule has 2 aliphatic heterocycles. The number of carbonyl (C=O) groups excluding carboxylic acids is 2. The first-order chi connectivity index (χ1) is 23.9. The van der Waals surface area contributed by atoms with Crippen LogP contribution in [0.2, 0.25) is 5.02 Å². The lowest BCUT2D eigenvalue weighted by atomic mass is 10.1. The van der Waals surface area contributed by atoms with E-state index >= 15 is 0 Å². The predicted molar refractivity (Wildman–Crippen MR) is 176 cm³/mol. The number of fused-ring (bicyclic) bond motifs is 1. The van der Waals surface area contributed by atoms with Crippen molar-refractivity contribution in [3.05, 3.63) is 74.2 Å². The Morgan fingerprint density at radius 2 is 1.74 bits per heavy atom. The quantitative estimate of drug-likeness (QED) is 0.271. The summed E-state index contributed by atoms with van der Waals surface area (Å²) >= 11 is 6.02. The van der Waals surface area contributed by atoms with Gasteiger partial charge in [-0.05, 0) is 36.6 Å². The van der Waals surface area contributed by atoms with Crippen molar-refractivity contribution in [2.75, 3.05) is 67.6 Å². The molecule has 3 aromatic heterocycles. The molecule has 2 fully saturated rings. The highest BCUT2D eigenvalue weighted by molar-refractivity contribution is 6.33. The number of benzene rings is 1. The van der Waals surface area contributed by atoms with E-state index in [1.807, 2.05) is 22.8 Å². The summed E-state index contributed by atoms with van der Waals surface area (Å²) in [6, 6.07) is 4.57. The maximum absolute atomic E-state index is 14.4. The predicted octanol–water partition coefficient (Wildman–Crippen LogP) is 3.66. The smallest absolute Gasteiger partial charge is 0.378 e. The number of anilines is 3. The van der Waals surface area contributed by atoms with Crippen molar-refractivity contribution >= 4 is 46.5 Å². The number of nitrogens with one attached hydrogen (secondary N) is 1. The SMILES string of the molecule is CCc1cccnc1C(=O)N1CCN(c2c(CC)n(CC(=O)Nc3cc(F)c(C(F)(F)F)cc3Cl)c3nc(N4CCOCC4)nn3c2=O)CC1. The van der Waals surface area contributed by atoms with Crippen molar-refractivity contribution < 1.29 is 31.9 Å². The first-order valence-electron chi connectivity index (χ1n) is 16.1. The van der Waals surface area contributed by atoms with Gasteiger partial charge in [0.25, 0.3) is 11.5 Å². The highest BCUT2D eigenvalue weighted by Gasteiger charge is 2.35. The molecule has 266 valence electrons. The third-order valence-corrected chi connectivity index (χ3v) is 9.05. The van der Waals surface area contributed by atoms with Gasteiger partial charge in [-0.3, -0.25) is 19.4 Å². The number of halogens is 5. The Hall–Kier alpha value is -4.77. The van der Waals surface area contributed by atoms with Crippen LogP contribution in [0, 0.1) is 5.82 Å². The topological polar surface area (TPSA) is 130 Å². The minimum atomic E-state index is -4.98. The van der Waals surface area contributed by atoms with Crippen LogP contribution in [-0.4, -0.2) is 93.3 Å². The molecule has 5 heterocycles. The van der Waals surface area contributed by atoms with Crippen LogP contribution in [0.4, 0.5) is 34.9 Å². The van der Waals surface area contributed by atoms with Gasteiger partial charge in [-0.2, -0.15) is 22.7 Å². The van der Waals surface area contributed by atoms with Crippen LogP contribution in [0.1, 0.15) is 41.2 Å². The summed E-state index contributed by atoms with van der Waals surface area (Å²) in [6.07, 6.45) is -2.48. The lowest BCUT2D eigenvalue weighted by Crippen LogP contribution is -2.51. The van der Waals surface area contributed by atoms with Gasteiger partial charge in [-0.1, -0.05) is 31.5 Å². The van der Waals surface area contributed by atoms with E-state index in [9.17, 15) is 31.9 Å². The Morgan fingerprint density at radius 3 is 2.40 bits per heavy atom. The largest absolute Gasteiger partial charge is 0.419 e. The van der Waals surface area contributed by atoms with Gasteiger partial charge < -0.3 is 29.3 Å². The van der Waals surface area contributed by atoms with Gasteiger partial charge >= 0.3 is 6.18 Å². The zero-order chi connectivity index (χ0) is 35.7. The van der Waals surface area contributed by atoms with Crippen molar-refractivity contribution in [2.24, 2.45) is 0 Å². The second-order valence-electron chi connectivity index (χ2n) is 11.8. The average molecular weight is 720 g/mol. The molecule has 1 aromatic carbocycles. The first kappa shape index (κ1) is 35.1. The zero-order valence-electron chi connectivity index (χ0n) is 27.3. The van der Waals surface area contributed by atoms with E-state index in [-0.39, 0.29) is 35.4 Å². The molecule has 0 bridgehead atoms. The molecular weight excluding hydrogens is 686 g/mol. The molecule has 0 radical (unpaired) electrons. The Labute approximate surface area is 288 Å². The Balaban J connectivity index is 1.34. The third-order valence-electron chi connectivity index (χ3n) is 8.74. The summed E-state index contributed by atoms with van der Waals surface area (Å²) in [4.78, 5) is 55.3. The van der Waals surface area contributed by atoms with E-state index in [0.717, 1.165) is 10.1 Å². The van der Waals surface area contributed by atoms with E-state index in [4.69, 9.17) is 16.3 Å². The summed E-state index contributed by atoms with van der Waals surface area (Å²) < 4.78 is 62.1. The Morgan fingerprint density at radius 1 is 1.02 bits per heavy atom. The number of hydrogen-bond donors (Lipinski definition) is 1. The number of piperazine rings is 1. The summed E-state index contributed by atoms with van der Waals surface area (Å²) in [6.45, 7) is 6.30. The fraction of sp³-hybridized carbons (Fsp3) is 0.438. The first-order valence-corrected chi connectivity index (χ1v) is 16.5. The van der Waals surface area contributed by atoms with Crippen LogP contribution in [-0.2, 0) is 35.1 Å². The molecule has 50 heavy (non-hydrogen) atoms. The Kier molecular flexibility index (Phi) is 9.98. The van der Waals surface area contributed by atoms with Crippen LogP contribution in [0.25, 0.3) is 5.78 Å². The number of aryl methyl sites for hydroxylation is 1. The highest BCUT2D eigenvalue weighted by Crippen LogP contribution is 2.36. The fourth-order valence-corrected chi connectivity index (χ4v) is 6.42. The van der Waals surface area contributed by atoms with Crippen LogP contribution in [0.15, 0.2) is 35.3 Å². The molecule has 0 spiro atoms. The summed E-state index contributed by atoms with van der Waals surface area (Å²) in [5.74, 6) is -2.24. The molecule has 2 aliphatic rings. The molecule has 2 amide bonds. The molecule has 2 saturated heterocycles. The summed E-state index contributed by atoms with van der Waals surface area (Å²) in [5.41, 5.74) is -0.447. The third kappa shape index (κ3) is 6.83. The minimum Gasteiger partial charge on any atom is -0.378 e. The van der Waals surface area contributed by atoms with Gasteiger partial charge in [0.05, 0.1) is 35.2 Å². The number of rotatable bonds is 8. The molecule has 0 atom stereocenters. The van der Waals surface area contributed by atoms with Crippen LogP contribution in [0.5, 0.6) is 0 Å². The Bertz CT molecular complexity index is 1990. The molecule has 13 nitrogen and oxygen atoms in total. The lowest BCUT2D eigenvalue weighted by molar-refractivity contribution is -0.140. The van der Waals surface area contributed by atoms with Crippen molar-refractivity contribution in [3.8, 4) is 0 Å². The number of ether oxygens (including phenoxy) is 1. The molecule has 18 heteroatoms. The molecule has 4 aromatic rings. The average Bonchev–Trinajstić information content (AvgIpc) is 3.56. The monoisotopic (exact) mass is 719 g/mol. The minimum absolute atomic E-state index is 0.0630. The molecule has 0 saturated carbocycles. The van der Waals surface area contributed by atoms with E-state index in [1.165, 1.54) is 4.57 Å². The van der Waals surface area contributed by atoms with Gasteiger partial charge in [0.1, 0.15) is 23.7 Å². The number of hydrogen-bond acceptors (Lipinski definition) is 9. The van der Waals surface area contributed by atoms with Crippen LogP contribution in [0.3, 0.4) is 0 Å². The second-order valence-corrected chi connectivity index (χ2v) is 12.2. The van der Waals surface area contributed by atoms with E-state index in [0.29, 0.717) is 82.4 Å². The molecular formula is C32H34ClF4N9O4. The molecule has 1 N–H and O–H groups in total. The number of morpholine rings is 1. The van der Waals surface area contributed by atoms with Crippen LogP contribution >= 0.6 is 11.6 Å². The number of alkyl halides is 3. The number of carbonyl (C=O) groups is 2. The highest BCUT2D eigenvalue weighted by atomic mass is 35.5. The number of pyridine rings is 1. The van der Waals surface area contributed by atoms with Gasteiger partial charge in [0, 0.05) is 45.5 Å². The molecule has 0 unspecified atom stereocenters. The fourth-order valence-electron chi connectivity index (χ4n) is 6.21. The summed E-state index contributed by atoms with van der Waals surface area (Å²) in [7, 11) is 0. The van der Waals surface area contributed by atoms with E-state index in [2.05, 4.69) is 20.4 Å². The zero-order valence-corrected chi connectivity index (χ0v) is 28.0. The van der Waals surface area contributed by atoms with Crippen molar-refractivity contribution in [1.29, 1.82) is 0 Å².